The van der Waals surface area contributed by atoms with E-state index in [-0.39, 0.29) is 0 Å². The van der Waals surface area contributed by atoms with Crippen molar-refractivity contribution in [3.8, 4) is 5.88 Å². The predicted octanol–water partition coefficient (Wildman–Crippen LogP) is 2.20. The van der Waals surface area contributed by atoms with Gasteiger partial charge in [0.1, 0.15) is 5.15 Å². The molecule has 0 spiro atoms. The molecule has 86 valence electrons. The Morgan fingerprint density at radius 3 is 3.06 bits per heavy atom. The van der Waals surface area contributed by atoms with Gasteiger partial charge in [-0.15, -0.1) is 5.10 Å². The zero-order valence-electron chi connectivity index (χ0n) is 9.27. The molecule has 16 heavy (non-hydrogen) atoms. The van der Waals surface area contributed by atoms with Gasteiger partial charge in [-0.3, -0.25) is 0 Å². The number of rotatable bonds is 4. The van der Waals surface area contributed by atoms with E-state index < -0.39 is 0 Å². The summed E-state index contributed by atoms with van der Waals surface area (Å²) in [7, 11) is 1.81. The third-order valence-electron chi connectivity index (χ3n) is 2.27. The van der Waals surface area contributed by atoms with Crippen LogP contribution in [0.5, 0.6) is 5.88 Å². The number of halogens is 1. The quantitative estimate of drug-likeness (QED) is 0.607. The monoisotopic (exact) mass is 240 g/mol. The highest BCUT2D eigenvalue weighted by Gasteiger charge is 2.11. The number of ether oxygens (including phenoxy) is 1. The fourth-order valence-corrected chi connectivity index (χ4v) is 1.57. The molecule has 5 nitrogen and oxygen atoms in total. The minimum absolute atomic E-state index is 0.393. The van der Waals surface area contributed by atoms with E-state index in [1.807, 2.05) is 7.05 Å². The van der Waals surface area contributed by atoms with Crippen LogP contribution in [0, 0.1) is 0 Å². The molecule has 0 atom stereocenters. The molecule has 0 aliphatic heterocycles. The Kier molecular flexibility index (Phi) is 3.24. The molecule has 0 fully saturated rings. The summed E-state index contributed by atoms with van der Waals surface area (Å²) in [4.78, 5) is 4.11. The van der Waals surface area contributed by atoms with Crippen molar-refractivity contribution < 1.29 is 4.74 Å². The van der Waals surface area contributed by atoms with Crippen molar-refractivity contribution in [1.29, 1.82) is 0 Å². The molecule has 0 saturated carbocycles. The average molecular weight is 241 g/mol. The zero-order valence-corrected chi connectivity index (χ0v) is 10.0. The summed E-state index contributed by atoms with van der Waals surface area (Å²) in [6.07, 6.45) is 2.06. The lowest BCUT2D eigenvalue weighted by Gasteiger charge is -2.04. The van der Waals surface area contributed by atoms with Crippen molar-refractivity contribution in [2.24, 2.45) is 7.05 Å². The second-order valence-electron chi connectivity index (χ2n) is 3.53. The summed E-state index contributed by atoms with van der Waals surface area (Å²) >= 11 is 5.91. The van der Waals surface area contributed by atoms with Crippen molar-refractivity contribution in [3.05, 3.63) is 11.2 Å². The predicted molar refractivity (Wildman–Crippen MR) is 61.7 cm³/mol. The molecule has 0 aliphatic carbocycles. The van der Waals surface area contributed by atoms with Crippen LogP contribution in [0.4, 0.5) is 0 Å². The molecule has 0 unspecified atom stereocenters. The highest BCUT2D eigenvalue weighted by molar-refractivity contribution is 6.30. The van der Waals surface area contributed by atoms with E-state index in [1.165, 1.54) is 0 Å². The van der Waals surface area contributed by atoms with Crippen LogP contribution in [0.1, 0.15) is 19.8 Å². The molecule has 0 aromatic carbocycles. The molecular formula is C10H13ClN4O. The van der Waals surface area contributed by atoms with Crippen LogP contribution in [0.25, 0.3) is 11.0 Å². The molecule has 2 aromatic heterocycles. The molecule has 2 aromatic rings. The largest absolute Gasteiger partial charge is 0.476 e. The number of aromatic nitrogens is 4. The van der Waals surface area contributed by atoms with Crippen molar-refractivity contribution >= 4 is 22.6 Å². The third-order valence-corrected chi connectivity index (χ3v) is 2.47. The van der Waals surface area contributed by atoms with Gasteiger partial charge in [-0.1, -0.05) is 30.2 Å². The Morgan fingerprint density at radius 2 is 2.31 bits per heavy atom. The topological polar surface area (TPSA) is 52.8 Å². The lowest BCUT2D eigenvalue weighted by atomic mass is 10.3. The van der Waals surface area contributed by atoms with Gasteiger partial charge >= 0.3 is 0 Å². The van der Waals surface area contributed by atoms with Crippen LogP contribution in [-0.2, 0) is 7.05 Å². The first kappa shape index (κ1) is 11.1. The number of unbranched alkanes of at least 4 members (excludes halogenated alkanes) is 1. The van der Waals surface area contributed by atoms with Crippen molar-refractivity contribution in [1.82, 2.24) is 20.0 Å². The maximum atomic E-state index is 5.91. The third kappa shape index (κ3) is 2.09. The highest BCUT2D eigenvalue weighted by atomic mass is 35.5. The molecular weight excluding hydrogens is 228 g/mol. The summed E-state index contributed by atoms with van der Waals surface area (Å²) in [6.45, 7) is 2.72. The Labute approximate surface area is 98.4 Å². The van der Waals surface area contributed by atoms with Crippen LogP contribution in [0.3, 0.4) is 0 Å². The van der Waals surface area contributed by atoms with E-state index >= 15 is 0 Å². The number of pyridine rings is 1. The van der Waals surface area contributed by atoms with Gasteiger partial charge < -0.3 is 4.74 Å². The normalized spacial score (nSPS) is 10.9. The van der Waals surface area contributed by atoms with Gasteiger partial charge in [0.05, 0.1) is 12.1 Å². The smallest absolute Gasteiger partial charge is 0.245 e. The van der Waals surface area contributed by atoms with Crippen LogP contribution in [0.15, 0.2) is 6.07 Å². The minimum atomic E-state index is 0.393. The van der Waals surface area contributed by atoms with Gasteiger partial charge in [0.2, 0.25) is 5.88 Å². The molecule has 0 N–H and O–H groups in total. The number of hydrogen-bond donors (Lipinski definition) is 0. The second-order valence-corrected chi connectivity index (χ2v) is 3.92. The fraction of sp³-hybridized carbons (Fsp3) is 0.500. The highest BCUT2D eigenvalue weighted by Crippen LogP contribution is 2.24. The Bertz CT molecular complexity index is 497. The summed E-state index contributed by atoms with van der Waals surface area (Å²) in [5.74, 6) is 0.462. The molecule has 6 heteroatoms. The van der Waals surface area contributed by atoms with Crippen LogP contribution >= 0.6 is 11.6 Å². The molecule has 0 saturated heterocycles. The summed E-state index contributed by atoms with van der Waals surface area (Å²) in [5, 5.41) is 8.31. The van der Waals surface area contributed by atoms with Crippen molar-refractivity contribution in [3.63, 3.8) is 0 Å². The number of nitrogens with zero attached hydrogens (tertiary/aromatic N) is 4. The Balaban J connectivity index is 2.35. The van der Waals surface area contributed by atoms with E-state index in [0.29, 0.717) is 23.2 Å². The van der Waals surface area contributed by atoms with E-state index in [9.17, 15) is 0 Å². The van der Waals surface area contributed by atoms with Crippen molar-refractivity contribution in [2.75, 3.05) is 6.61 Å². The molecule has 0 radical (unpaired) electrons. The summed E-state index contributed by atoms with van der Waals surface area (Å²) < 4.78 is 7.19. The maximum absolute atomic E-state index is 5.91. The molecule has 0 bridgehead atoms. The molecule has 2 heterocycles. The summed E-state index contributed by atoms with van der Waals surface area (Å²) in [6, 6.07) is 1.73. The second kappa shape index (κ2) is 4.65. The first-order valence-corrected chi connectivity index (χ1v) is 5.59. The minimum Gasteiger partial charge on any atom is -0.476 e. The zero-order chi connectivity index (χ0) is 11.5. The number of hydrogen-bond acceptors (Lipinski definition) is 4. The Hall–Kier alpha value is -1.36. The van der Waals surface area contributed by atoms with E-state index in [0.717, 1.165) is 18.4 Å². The SMILES string of the molecule is CCCCOc1nc(Cl)cc2c1nnn2C. The Morgan fingerprint density at radius 1 is 1.50 bits per heavy atom. The van der Waals surface area contributed by atoms with Gasteiger partial charge in [-0.2, -0.15) is 4.98 Å². The first-order chi connectivity index (χ1) is 7.72. The van der Waals surface area contributed by atoms with Crippen LogP contribution < -0.4 is 4.74 Å². The lowest BCUT2D eigenvalue weighted by molar-refractivity contribution is 0.301. The van der Waals surface area contributed by atoms with E-state index in [4.69, 9.17) is 16.3 Å². The van der Waals surface area contributed by atoms with Gasteiger partial charge in [-0.25, -0.2) is 4.68 Å². The summed E-state index contributed by atoms with van der Waals surface area (Å²) in [5.41, 5.74) is 1.48. The molecule has 0 amide bonds. The molecule has 2 rings (SSSR count). The first-order valence-electron chi connectivity index (χ1n) is 5.21. The molecule has 0 aliphatic rings. The average Bonchev–Trinajstić information content (AvgIpc) is 2.61. The van der Waals surface area contributed by atoms with Crippen molar-refractivity contribution in [2.45, 2.75) is 19.8 Å². The van der Waals surface area contributed by atoms with Gasteiger partial charge in [0.25, 0.3) is 0 Å². The fourth-order valence-electron chi connectivity index (χ4n) is 1.39. The van der Waals surface area contributed by atoms with E-state index in [1.54, 1.807) is 10.7 Å². The lowest BCUT2D eigenvalue weighted by Crippen LogP contribution is -1.99. The van der Waals surface area contributed by atoms with Crippen LogP contribution in [-0.4, -0.2) is 26.6 Å². The van der Waals surface area contributed by atoms with Crippen LogP contribution in [0.2, 0.25) is 5.15 Å². The van der Waals surface area contributed by atoms with E-state index in [2.05, 4.69) is 22.2 Å². The number of fused-ring (bicyclic) bond motifs is 1. The van der Waals surface area contributed by atoms with Gasteiger partial charge in [-0.05, 0) is 6.42 Å². The number of aryl methyl sites for hydroxylation is 1. The standard InChI is InChI=1S/C10H13ClN4O/c1-3-4-5-16-10-9-7(6-8(11)12-10)15(2)14-13-9/h6H,3-5H2,1-2H3. The van der Waals surface area contributed by atoms with Gasteiger partial charge in [0, 0.05) is 13.1 Å². The maximum Gasteiger partial charge on any atom is 0.245 e. The van der Waals surface area contributed by atoms with Gasteiger partial charge in [0.15, 0.2) is 5.52 Å².